The molecule has 0 bridgehead atoms. The topological polar surface area (TPSA) is 85.2 Å². The van der Waals surface area contributed by atoms with Crippen molar-refractivity contribution in [2.75, 3.05) is 19.0 Å². The van der Waals surface area contributed by atoms with Crippen LogP contribution in [0.2, 0.25) is 0 Å². The summed E-state index contributed by atoms with van der Waals surface area (Å²) in [4.78, 5) is 29.4. The molecule has 7 nitrogen and oxygen atoms in total. The van der Waals surface area contributed by atoms with Gasteiger partial charge in [0.1, 0.15) is 11.6 Å². The van der Waals surface area contributed by atoms with Gasteiger partial charge in [-0.05, 0) is 55.3 Å². The molecular weight excluding hydrogens is 392 g/mol. The third kappa shape index (κ3) is 5.23. The van der Waals surface area contributed by atoms with Gasteiger partial charge in [-0.2, -0.15) is 0 Å². The van der Waals surface area contributed by atoms with Crippen LogP contribution in [0.25, 0.3) is 11.0 Å². The van der Waals surface area contributed by atoms with Gasteiger partial charge in [-0.25, -0.2) is 4.98 Å². The highest BCUT2D eigenvalue weighted by molar-refractivity contribution is 6.05. The molecule has 0 atom stereocenters. The lowest BCUT2D eigenvalue weighted by molar-refractivity contribution is -0.125. The highest BCUT2D eigenvalue weighted by Crippen LogP contribution is 2.21. The van der Waals surface area contributed by atoms with Gasteiger partial charge in [-0.1, -0.05) is 13.8 Å². The molecule has 0 fully saturated rings. The number of anilines is 1. The molecular formula is C24H30N4O3. The number of imidazole rings is 1. The first-order valence-corrected chi connectivity index (χ1v) is 10.6. The smallest absolute Gasteiger partial charge is 0.255 e. The van der Waals surface area contributed by atoms with E-state index < -0.39 is 0 Å². The number of carbonyl (C=O) groups is 2. The minimum absolute atomic E-state index is 0.0670. The number of carbonyl (C=O) groups excluding carboxylic acids is 2. The van der Waals surface area contributed by atoms with Crippen molar-refractivity contribution in [1.29, 1.82) is 0 Å². The normalized spacial score (nSPS) is 11.0. The maximum absolute atomic E-state index is 12.5. The standard InChI is InChI=1S/C24H30N4O3/c1-5-16(6-2)23(29)25-14-13-22-27-20-15-18(9-12-21(20)28(22)3)26-24(30)17-7-10-19(31-4)11-8-17/h7-12,15-16H,5-6,13-14H2,1-4H3,(H,25,29)(H,26,30). The van der Waals surface area contributed by atoms with E-state index in [0.717, 1.165) is 29.7 Å². The van der Waals surface area contributed by atoms with Gasteiger partial charge in [0.15, 0.2) is 0 Å². The lowest BCUT2D eigenvalue weighted by Crippen LogP contribution is -2.32. The van der Waals surface area contributed by atoms with Crippen molar-refractivity contribution < 1.29 is 14.3 Å². The van der Waals surface area contributed by atoms with E-state index in [1.807, 2.05) is 43.7 Å². The Labute approximate surface area is 182 Å². The monoisotopic (exact) mass is 422 g/mol. The van der Waals surface area contributed by atoms with Crippen molar-refractivity contribution in [3.63, 3.8) is 0 Å². The van der Waals surface area contributed by atoms with Crippen LogP contribution in [0.5, 0.6) is 5.75 Å². The third-order valence-corrected chi connectivity index (χ3v) is 5.59. The molecule has 0 aliphatic carbocycles. The second-order valence-electron chi connectivity index (χ2n) is 7.53. The van der Waals surface area contributed by atoms with Gasteiger partial charge in [0.05, 0.1) is 18.1 Å². The summed E-state index contributed by atoms with van der Waals surface area (Å²) >= 11 is 0. The first-order chi connectivity index (χ1) is 15.0. The SMILES string of the molecule is CCC(CC)C(=O)NCCc1nc2cc(NC(=O)c3ccc(OC)cc3)ccc2n1C. The van der Waals surface area contributed by atoms with E-state index >= 15 is 0 Å². The number of aryl methyl sites for hydroxylation is 1. The summed E-state index contributed by atoms with van der Waals surface area (Å²) in [7, 11) is 3.55. The minimum atomic E-state index is -0.192. The summed E-state index contributed by atoms with van der Waals surface area (Å²) in [6, 6.07) is 12.6. The molecule has 2 amide bonds. The van der Waals surface area contributed by atoms with E-state index in [-0.39, 0.29) is 17.7 Å². The van der Waals surface area contributed by atoms with Gasteiger partial charge in [-0.3, -0.25) is 9.59 Å². The van der Waals surface area contributed by atoms with Crippen LogP contribution in [0.1, 0.15) is 42.9 Å². The Morgan fingerprint density at radius 3 is 2.45 bits per heavy atom. The molecule has 2 aromatic carbocycles. The molecule has 0 unspecified atom stereocenters. The number of amides is 2. The van der Waals surface area contributed by atoms with E-state index in [1.165, 1.54) is 0 Å². The number of fused-ring (bicyclic) bond motifs is 1. The summed E-state index contributed by atoms with van der Waals surface area (Å²) in [5, 5.41) is 5.92. The quantitative estimate of drug-likeness (QED) is 0.547. The fourth-order valence-electron chi connectivity index (χ4n) is 3.60. The largest absolute Gasteiger partial charge is 0.497 e. The zero-order valence-electron chi connectivity index (χ0n) is 18.6. The maximum Gasteiger partial charge on any atom is 0.255 e. The van der Waals surface area contributed by atoms with Crippen molar-refractivity contribution in [2.45, 2.75) is 33.1 Å². The summed E-state index contributed by atoms with van der Waals surface area (Å²) in [6.45, 7) is 4.61. The molecule has 1 heterocycles. The summed E-state index contributed by atoms with van der Waals surface area (Å²) in [5.41, 5.74) is 3.01. The number of methoxy groups -OCH3 is 1. The molecule has 7 heteroatoms. The molecule has 1 aromatic heterocycles. The molecule has 0 aliphatic heterocycles. The lowest BCUT2D eigenvalue weighted by Gasteiger charge is -2.12. The lowest BCUT2D eigenvalue weighted by atomic mass is 10.0. The van der Waals surface area contributed by atoms with Crippen LogP contribution in [-0.4, -0.2) is 35.0 Å². The Hall–Kier alpha value is -3.35. The summed E-state index contributed by atoms with van der Waals surface area (Å²) in [6.07, 6.45) is 2.34. The van der Waals surface area contributed by atoms with Gasteiger partial charge < -0.3 is 19.9 Å². The van der Waals surface area contributed by atoms with Crippen molar-refractivity contribution in [1.82, 2.24) is 14.9 Å². The number of hydrogen-bond donors (Lipinski definition) is 2. The van der Waals surface area contributed by atoms with Gasteiger partial charge in [0, 0.05) is 37.2 Å². The van der Waals surface area contributed by atoms with Crippen molar-refractivity contribution in [3.8, 4) is 5.75 Å². The van der Waals surface area contributed by atoms with Gasteiger partial charge >= 0.3 is 0 Å². The molecule has 164 valence electrons. The van der Waals surface area contributed by atoms with Crippen LogP contribution in [0, 0.1) is 5.92 Å². The molecule has 2 N–H and O–H groups in total. The fraction of sp³-hybridized carbons (Fsp3) is 0.375. The minimum Gasteiger partial charge on any atom is -0.497 e. The average molecular weight is 423 g/mol. The second kappa shape index (κ2) is 10.1. The zero-order chi connectivity index (χ0) is 22.4. The van der Waals surface area contributed by atoms with E-state index in [1.54, 1.807) is 31.4 Å². The molecule has 3 rings (SSSR count). The number of benzene rings is 2. The highest BCUT2D eigenvalue weighted by Gasteiger charge is 2.15. The number of nitrogens with one attached hydrogen (secondary N) is 2. The second-order valence-corrected chi connectivity index (χ2v) is 7.53. The Balaban J connectivity index is 1.67. The number of nitrogens with zero attached hydrogens (tertiary/aromatic N) is 2. The molecule has 0 aliphatic rings. The maximum atomic E-state index is 12.5. The van der Waals surface area contributed by atoms with Crippen LogP contribution < -0.4 is 15.4 Å². The zero-order valence-corrected chi connectivity index (χ0v) is 18.6. The van der Waals surface area contributed by atoms with Crippen molar-refractivity contribution >= 4 is 28.5 Å². The fourth-order valence-corrected chi connectivity index (χ4v) is 3.60. The molecule has 0 saturated carbocycles. The Morgan fingerprint density at radius 1 is 1.10 bits per heavy atom. The highest BCUT2D eigenvalue weighted by atomic mass is 16.5. The average Bonchev–Trinajstić information content (AvgIpc) is 3.09. The van der Waals surface area contributed by atoms with Crippen molar-refractivity contribution in [3.05, 3.63) is 53.9 Å². The Bertz CT molecular complexity index is 1050. The molecule has 0 saturated heterocycles. The molecule has 31 heavy (non-hydrogen) atoms. The van der Waals surface area contributed by atoms with Crippen LogP contribution in [0.4, 0.5) is 5.69 Å². The van der Waals surface area contributed by atoms with Crippen LogP contribution in [0.3, 0.4) is 0 Å². The van der Waals surface area contributed by atoms with E-state index in [4.69, 9.17) is 9.72 Å². The number of rotatable bonds is 9. The first-order valence-electron chi connectivity index (χ1n) is 10.6. The van der Waals surface area contributed by atoms with Crippen molar-refractivity contribution in [2.24, 2.45) is 13.0 Å². The number of aromatic nitrogens is 2. The van der Waals surface area contributed by atoms with Gasteiger partial charge in [-0.15, -0.1) is 0 Å². The predicted molar refractivity (Wildman–Crippen MR) is 122 cm³/mol. The van der Waals surface area contributed by atoms with Gasteiger partial charge in [0.2, 0.25) is 5.91 Å². The first kappa shape index (κ1) is 22.3. The molecule has 0 radical (unpaired) electrons. The Kier molecular flexibility index (Phi) is 7.28. The van der Waals surface area contributed by atoms with Crippen LogP contribution >= 0.6 is 0 Å². The van der Waals surface area contributed by atoms with Gasteiger partial charge in [0.25, 0.3) is 5.91 Å². The summed E-state index contributed by atoms with van der Waals surface area (Å²) in [5.74, 6) is 1.57. The predicted octanol–water partition coefficient (Wildman–Crippen LogP) is 3.93. The third-order valence-electron chi connectivity index (χ3n) is 5.59. The summed E-state index contributed by atoms with van der Waals surface area (Å²) < 4.78 is 7.15. The number of ether oxygens (including phenoxy) is 1. The van der Waals surface area contributed by atoms with E-state index in [2.05, 4.69) is 10.6 Å². The molecule has 0 spiro atoms. The number of hydrogen-bond acceptors (Lipinski definition) is 4. The van der Waals surface area contributed by atoms with E-state index in [0.29, 0.717) is 30.0 Å². The van der Waals surface area contributed by atoms with Crippen LogP contribution in [-0.2, 0) is 18.3 Å². The van der Waals surface area contributed by atoms with E-state index in [9.17, 15) is 9.59 Å². The molecule has 3 aromatic rings. The van der Waals surface area contributed by atoms with Crippen LogP contribution in [0.15, 0.2) is 42.5 Å². The Morgan fingerprint density at radius 2 is 1.81 bits per heavy atom.